The minimum atomic E-state index is -0.307. The van der Waals surface area contributed by atoms with E-state index < -0.39 is 0 Å². The fourth-order valence-corrected chi connectivity index (χ4v) is 3.72. The molecule has 1 amide bonds. The Morgan fingerprint density at radius 2 is 1.43 bits per heavy atom. The quantitative estimate of drug-likeness (QED) is 0.571. The van der Waals surface area contributed by atoms with E-state index in [4.69, 9.17) is 13.9 Å². The van der Waals surface area contributed by atoms with Crippen molar-refractivity contribution in [2.75, 3.05) is 19.5 Å². The molecule has 5 heteroatoms. The number of anilines is 1. The summed E-state index contributed by atoms with van der Waals surface area (Å²) in [4.78, 5) is 12.6. The second-order valence-electron chi connectivity index (χ2n) is 7.57. The van der Waals surface area contributed by atoms with Crippen molar-refractivity contribution in [3.63, 3.8) is 0 Å². The number of carbonyl (C=O) groups is 1. The summed E-state index contributed by atoms with van der Waals surface area (Å²) < 4.78 is 16.4. The monoisotopic (exact) mass is 407 g/mol. The SMILES string of the molecule is COc1ccc(NC(=O)c2ccc(Cc3c(C)c(C)c(C)c(C)c3C)o2)cc1OC. The van der Waals surface area contributed by atoms with Crippen LogP contribution in [0.1, 0.15) is 49.7 Å². The summed E-state index contributed by atoms with van der Waals surface area (Å²) in [6.07, 6.45) is 0.656. The number of carbonyl (C=O) groups excluding carboxylic acids is 1. The smallest absolute Gasteiger partial charge is 0.291 e. The molecule has 3 rings (SSSR count). The highest BCUT2D eigenvalue weighted by molar-refractivity contribution is 6.02. The number of hydrogen-bond donors (Lipinski definition) is 1. The molecule has 0 radical (unpaired) electrons. The highest BCUT2D eigenvalue weighted by atomic mass is 16.5. The molecule has 0 aliphatic rings. The molecule has 5 nitrogen and oxygen atoms in total. The molecule has 0 fully saturated rings. The van der Waals surface area contributed by atoms with Crippen molar-refractivity contribution in [3.05, 3.63) is 75.2 Å². The molecule has 1 heterocycles. The van der Waals surface area contributed by atoms with Gasteiger partial charge in [0.1, 0.15) is 5.76 Å². The van der Waals surface area contributed by atoms with Gasteiger partial charge < -0.3 is 19.2 Å². The summed E-state index contributed by atoms with van der Waals surface area (Å²) in [6.45, 7) is 10.8. The molecule has 0 aliphatic heterocycles. The maximum atomic E-state index is 12.6. The van der Waals surface area contributed by atoms with Gasteiger partial charge in [-0.25, -0.2) is 0 Å². The second kappa shape index (κ2) is 8.66. The van der Waals surface area contributed by atoms with Crippen LogP contribution < -0.4 is 14.8 Å². The molecule has 0 saturated carbocycles. The van der Waals surface area contributed by atoms with Crippen molar-refractivity contribution in [2.24, 2.45) is 0 Å². The van der Waals surface area contributed by atoms with Gasteiger partial charge in [0, 0.05) is 18.2 Å². The third-order valence-corrected chi connectivity index (χ3v) is 6.03. The number of rotatable bonds is 6. The van der Waals surface area contributed by atoms with Gasteiger partial charge in [-0.3, -0.25) is 4.79 Å². The van der Waals surface area contributed by atoms with E-state index in [0.29, 0.717) is 23.6 Å². The molecule has 0 atom stereocenters. The predicted molar refractivity (Wildman–Crippen MR) is 119 cm³/mol. The van der Waals surface area contributed by atoms with Crippen LogP contribution in [0.25, 0.3) is 0 Å². The van der Waals surface area contributed by atoms with Crippen molar-refractivity contribution in [1.82, 2.24) is 0 Å². The average molecular weight is 408 g/mol. The van der Waals surface area contributed by atoms with Crippen LogP contribution in [-0.4, -0.2) is 20.1 Å². The minimum absolute atomic E-state index is 0.274. The maximum Gasteiger partial charge on any atom is 0.291 e. The molecule has 2 aromatic carbocycles. The zero-order chi connectivity index (χ0) is 22.0. The van der Waals surface area contributed by atoms with E-state index in [1.807, 2.05) is 6.07 Å². The van der Waals surface area contributed by atoms with E-state index >= 15 is 0 Å². The van der Waals surface area contributed by atoms with Gasteiger partial charge in [0.05, 0.1) is 14.2 Å². The predicted octanol–water partition coefficient (Wildman–Crippen LogP) is 5.68. The zero-order valence-corrected chi connectivity index (χ0v) is 18.7. The van der Waals surface area contributed by atoms with Gasteiger partial charge >= 0.3 is 0 Å². The summed E-state index contributed by atoms with van der Waals surface area (Å²) in [5.41, 5.74) is 8.39. The maximum absolute atomic E-state index is 12.6. The van der Waals surface area contributed by atoms with Crippen LogP contribution >= 0.6 is 0 Å². The van der Waals surface area contributed by atoms with Gasteiger partial charge in [-0.1, -0.05) is 0 Å². The number of furan rings is 1. The number of ether oxygens (including phenoxy) is 2. The number of amides is 1. The molecule has 3 aromatic rings. The Hall–Kier alpha value is -3.21. The van der Waals surface area contributed by atoms with Crippen molar-refractivity contribution in [3.8, 4) is 11.5 Å². The minimum Gasteiger partial charge on any atom is -0.493 e. The van der Waals surface area contributed by atoms with E-state index in [2.05, 4.69) is 39.9 Å². The Bertz CT molecular complexity index is 1070. The van der Waals surface area contributed by atoms with E-state index in [-0.39, 0.29) is 11.7 Å². The number of nitrogens with one attached hydrogen (secondary N) is 1. The molecule has 0 aliphatic carbocycles. The lowest BCUT2D eigenvalue weighted by Crippen LogP contribution is -2.11. The Labute approximate surface area is 178 Å². The average Bonchev–Trinajstić information content (AvgIpc) is 3.22. The summed E-state index contributed by atoms with van der Waals surface area (Å²) >= 11 is 0. The number of benzene rings is 2. The first-order valence-corrected chi connectivity index (χ1v) is 9.94. The highest BCUT2D eigenvalue weighted by Gasteiger charge is 2.17. The number of methoxy groups -OCH3 is 2. The van der Waals surface area contributed by atoms with Crippen molar-refractivity contribution in [1.29, 1.82) is 0 Å². The van der Waals surface area contributed by atoms with Crippen LogP contribution in [0.15, 0.2) is 34.7 Å². The molecule has 158 valence electrons. The van der Waals surface area contributed by atoms with E-state index in [1.54, 1.807) is 38.5 Å². The van der Waals surface area contributed by atoms with Gasteiger partial charge in [-0.15, -0.1) is 0 Å². The van der Waals surface area contributed by atoms with Crippen molar-refractivity contribution in [2.45, 2.75) is 41.0 Å². The zero-order valence-electron chi connectivity index (χ0n) is 18.7. The summed E-state index contributed by atoms with van der Waals surface area (Å²) in [6, 6.07) is 8.80. The van der Waals surface area contributed by atoms with Gasteiger partial charge in [0.25, 0.3) is 5.91 Å². The highest BCUT2D eigenvalue weighted by Crippen LogP contribution is 2.31. The third-order valence-electron chi connectivity index (χ3n) is 6.03. The van der Waals surface area contributed by atoms with E-state index in [0.717, 1.165) is 5.76 Å². The molecule has 0 spiro atoms. The lowest BCUT2D eigenvalue weighted by atomic mass is 9.88. The first-order chi connectivity index (χ1) is 14.3. The lowest BCUT2D eigenvalue weighted by Gasteiger charge is -2.18. The van der Waals surface area contributed by atoms with Crippen molar-refractivity contribution < 1.29 is 18.7 Å². The normalized spacial score (nSPS) is 10.8. The summed E-state index contributed by atoms with van der Waals surface area (Å²) in [5.74, 6) is 1.88. The standard InChI is InChI=1S/C25H29NO4/c1-14-15(2)17(4)21(18(5)16(14)3)13-20-9-11-23(30-20)25(27)26-19-8-10-22(28-6)24(12-19)29-7/h8-12H,13H2,1-7H3,(H,26,27). The Balaban J connectivity index is 1.80. The van der Waals surface area contributed by atoms with Crippen LogP contribution in [0.2, 0.25) is 0 Å². The van der Waals surface area contributed by atoms with Gasteiger partial charge in [0.15, 0.2) is 17.3 Å². The largest absolute Gasteiger partial charge is 0.493 e. The Morgan fingerprint density at radius 3 is 2.03 bits per heavy atom. The number of hydrogen-bond acceptors (Lipinski definition) is 4. The lowest BCUT2D eigenvalue weighted by molar-refractivity contribution is 0.0995. The summed E-state index contributed by atoms with van der Waals surface area (Å²) in [5, 5.41) is 2.84. The van der Waals surface area contributed by atoms with Gasteiger partial charge in [-0.05, 0) is 92.3 Å². The molecule has 1 N–H and O–H groups in total. The first kappa shape index (κ1) is 21.5. The van der Waals surface area contributed by atoms with Gasteiger partial charge in [-0.2, -0.15) is 0 Å². The third kappa shape index (κ3) is 4.06. The fraction of sp³-hybridized carbons (Fsp3) is 0.320. The topological polar surface area (TPSA) is 60.7 Å². The van der Waals surface area contributed by atoms with Crippen molar-refractivity contribution >= 4 is 11.6 Å². The molecule has 30 heavy (non-hydrogen) atoms. The van der Waals surface area contributed by atoms with Gasteiger partial charge in [0.2, 0.25) is 0 Å². The van der Waals surface area contributed by atoms with Crippen LogP contribution in [0, 0.1) is 34.6 Å². The molecular weight excluding hydrogens is 378 g/mol. The molecule has 0 bridgehead atoms. The van der Waals surface area contributed by atoms with Crippen LogP contribution in [0.5, 0.6) is 11.5 Å². The Kier molecular flexibility index (Phi) is 6.20. The van der Waals surface area contributed by atoms with E-state index in [9.17, 15) is 4.79 Å². The molecule has 0 unspecified atom stereocenters. The first-order valence-electron chi connectivity index (χ1n) is 9.94. The fourth-order valence-electron chi connectivity index (χ4n) is 3.72. The van der Waals surface area contributed by atoms with Crippen LogP contribution in [0.4, 0.5) is 5.69 Å². The summed E-state index contributed by atoms with van der Waals surface area (Å²) in [7, 11) is 3.13. The second-order valence-corrected chi connectivity index (χ2v) is 7.57. The molecule has 0 saturated heterocycles. The Morgan fingerprint density at radius 1 is 0.833 bits per heavy atom. The molecule has 1 aromatic heterocycles. The van der Waals surface area contributed by atoms with E-state index in [1.165, 1.54) is 33.4 Å². The molecular formula is C25H29NO4. The van der Waals surface area contributed by atoms with Crippen LogP contribution in [-0.2, 0) is 6.42 Å². The van der Waals surface area contributed by atoms with Crippen LogP contribution in [0.3, 0.4) is 0 Å².